The predicted molar refractivity (Wildman–Crippen MR) is 71.6 cm³/mol. The Balaban J connectivity index is 2.47. The first-order valence-electron chi connectivity index (χ1n) is 6.39. The van der Waals surface area contributed by atoms with Gasteiger partial charge in [0.05, 0.1) is 0 Å². The Morgan fingerprint density at radius 3 is 2.47 bits per heavy atom. The summed E-state index contributed by atoms with van der Waals surface area (Å²) >= 11 is 4.48. The van der Waals surface area contributed by atoms with Crippen molar-refractivity contribution in [1.82, 2.24) is 4.90 Å². The van der Waals surface area contributed by atoms with Crippen LogP contribution < -0.4 is 0 Å². The zero-order chi connectivity index (χ0) is 11.4. The molecule has 1 aliphatic heterocycles. The first-order chi connectivity index (χ1) is 7.04. The van der Waals surface area contributed by atoms with E-state index in [1.165, 1.54) is 25.9 Å². The Morgan fingerprint density at radius 2 is 1.93 bits per heavy atom. The van der Waals surface area contributed by atoms with Gasteiger partial charge in [0, 0.05) is 19.1 Å². The highest BCUT2D eigenvalue weighted by Crippen LogP contribution is 2.24. The van der Waals surface area contributed by atoms with Crippen LogP contribution in [0.4, 0.5) is 0 Å². The highest BCUT2D eigenvalue weighted by molar-refractivity contribution is 7.80. The number of nitrogens with zero attached hydrogens (tertiary/aromatic N) is 1. The maximum absolute atomic E-state index is 4.48. The summed E-state index contributed by atoms with van der Waals surface area (Å²) in [4.78, 5) is 2.68. The van der Waals surface area contributed by atoms with Crippen LogP contribution >= 0.6 is 12.6 Å². The molecule has 0 saturated carbocycles. The van der Waals surface area contributed by atoms with Crippen molar-refractivity contribution >= 4 is 12.6 Å². The van der Waals surface area contributed by atoms with Gasteiger partial charge in [-0.3, -0.25) is 0 Å². The fraction of sp³-hybridized carbons (Fsp3) is 1.00. The van der Waals surface area contributed by atoms with Crippen molar-refractivity contribution in [2.24, 2.45) is 17.8 Å². The summed E-state index contributed by atoms with van der Waals surface area (Å²) in [7, 11) is 0. The Hall–Kier alpha value is 0.310. The summed E-state index contributed by atoms with van der Waals surface area (Å²) in [5.74, 6) is 3.41. The van der Waals surface area contributed by atoms with Crippen molar-refractivity contribution in [2.45, 2.75) is 46.6 Å². The fourth-order valence-electron chi connectivity index (χ4n) is 2.41. The molecule has 3 unspecified atom stereocenters. The highest BCUT2D eigenvalue weighted by atomic mass is 32.1. The first kappa shape index (κ1) is 13.4. The second kappa shape index (κ2) is 6.15. The van der Waals surface area contributed by atoms with Crippen LogP contribution in [0, 0.1) is 17.8 Å². The van der Waals surface area contributed by atoms with E-state index in [9.17, 15) is 0 Å². The monoisotopic (exact) mass is 229 g/mol. The Labute approximate surface area is 101 Å². The van der Waals surface area contributed by atoms with E-state index < -0.39 is 0 Å². The molecule has 1 aliphatic rings. The quantitative estimate of drug-likeness (QED) is 0.724. The smallest absolute Gasteiger partial charge is 0.00672 e. The number of thiol groups is 1. The summed E-state index contributed by atoms with van der Waals surface area (Å²) in [6.45, 7) is 11.9. The topological polar surface area (TPSA) is 3.24 Å². The predicted octanol–water partition coefficient (Wildman–Crippen LogP) is 3.31. The molecule has 0 N–H and O–H groups in total. The Kier molecular flexibility index (Phi) is 5.48. The van der Waals surface area contributed by atoms with Crippen molar-refractivity contribution in [3.63, 3.8) is 0 Å². The maximum atomic E-state index is 4.48. The van der Waals surface area contributed by atoms with E-state index >= 15 is 0 Å². The lowest BCUT2D eigenvalue weighted by atomic mass is 9.91. The van der Waals surface area contributed by atoms with Gasteiger partial charge in [-0.1, -0.05) is 20.8 Å². The van der Waals surface area contributed by atoms with Gasteiger partial charge in [0.1, 0.15) is 0 Å². The number of likely N-dealkylation sites (tertiary alicyclic amines) is 1. The lowest BCUT2D eigenvalue weighted by Crippen LogP contribution is -2.44. The summed E-state index contributed by atoms with van der Waals surface area (Å²) in [5, 5.41) is 0. The second-order valence-electron chi connectivity index (χ2n) is 5.67. The third-order valence-corrected chi connectivity index (χ3v) is 4.36. The molecule has 0 aromatic rings. The maximum Gasteiger partial charge on any atom is 0.00672 e. The molecular formula is C13H27NS. The van der Waals surface area contributed by atoms with Gasteiger partial charge in [0.2, 0.25) is 0 Å². The van der Waals surface area contributed by atoms with E-state index in [1.54, 1.807) is 0 Å². The molecule has 0 radical (unpaired) electrons. The molecule has 0 aliphatic carbocycles. The summed E-state index contributed by atoms with van der Waals surface area (Å²) in [6, 6.07) is 0.780. The molecule has 1 saturated heterocycles. The molecule has 2 heteroatoms. The van der Waals surface area contributed by atoms with Crippen LogP contribution in [0.5, 0.6) is 0 Å². The van der Waals surface area contributed by atoms with Gasteiger partial charge in [-0.05, 0) is 43.3 Å². The standard InChI is InChI=1S/C13H27NS/c1-10(2)13(9-15)8-14-7-11(3)5-6-12(14)4/h10-13,15H,5-9H2,1-4H3. The average molecular weight is 229 g/mol. The van der Waals surface area contributed by atoms with Gasteiger partial charge >= 0.3 is 0 Å². The molecule has 15 heavy (non-hydrogen) atoms. The van der Waals surface area contributed by atoms with Crippen molar-refractivity contribution in [1.29, 1.82) is 0 Å². The van der Waals surface area contributed by atoms with Crippen molar-refractivity contribution in [2.75, 3.05) is 18.8 Å². The minimum absolute atomic E-state index is 0.751. The normalized spacial score (nSPS) is 30.8. The zero-order valence-electron chi connectivity index (χ0n) is 10.7. The minimum Gasteiger partial charge on any atom is -0.300 e. The Bertz CT molecular complexity index is 181. The molecule has 1 nitrogen and oxygen atoms in total. The van der Waals surface area contributed by atoms with Gasteiger partial charge in [-0.25, -0.2) is 0 Å². The molecule has 0 aromatic heterocycles. The van der Waals surface area contributed by atoms with Gasteiger partial charge in [0.25, 0.3) is 0 Å². The summed E-state index contributed by atoms with van der Waals surface area (Å²) < 4.78 is 0. The fourth-order valence-corrected chi connectivity index (χ4v) is 2.95. The van der Waals surface area contributed by atoms with Crippen molar-refractivity contribution < 1.29 is 0 Å². The van der Waals surface area contributed by atoms with E-state index in [-0.39, 0.29) is 0 Å². The third-order valence-electron chi connectivity index (χ3n) is 3.89. The van der Waals surface area contributed by atoms with E-state index in [0.29, 0.717) is 0 Å². The molecule has 0 aromatic carbocycles. The second-order valence-corrected chi connectivity index (χ2v) is 6.04. The lowest BCUT2D eigenvalue weighted by Gasteiger charge is -2.39. The van der Waals surface area contributed by atoms with Crippen LogP contribution in [0.2, 0.25) is 0 Å². The molecule has 3 atom stereocenters. The van der Waals surface area contributed by atoms with E-state index in [4.69, 9.17) is 0 Å². The van der Waals surface area contributed by atoms with E-state index in [1.807, 2.05) is 0 Å². The number of hydrogen-bond acceptors (Lipinski definition) is 2. The van der Waals surface area contributed by atoms with E-state index in [0.717, 1.165) is 29.5 Å². The summed E-state index contributed by atoms with van der Waals surface area (Å²) in [5.41, 5.74) is 0. The molecule has 1 fully saturated rings. The van der Waals surface area contributed by atoms with E-state index in [2.05, 4.69) is 45.2 Å². The van der Waals surface area contributed by atoms with Crippen LogP contribution in [0.3, 0.4) is 0 Å². The van der Waals surface area contributed by atoms with Gasteiger partial charge in [0.15, 0.2) is 0 Å². The van der Waals surface area contributed by atoms with Gasteiger partial charge in [-0.15, -0.1) is 0 Å². The molecule has 1 heterocycles. The van der Waals surface area contributed by atoms with Crippen LogP contribution in [-0.2, 0) is 0 Å². The van der Waals surface area contributed by atoms with Gasteiger partial charge in [-0.2, -0.15) is 12.6 Å². The SMILES string of the molecule is CC1CCC(C)N(CC(CS)C(C)C)C1. The van der Waals surface area contributed by atoms with Crippen LogP contribution in [0.1, 0.15) is 40.5 Å². The number of hydrogen-bond donors (Lipinski definition) is 1. The molecule has 0 spiro atoms. The largest absolute Gasteiger partial charge is 0.300 e. The Morgan fingerprint density at radius 1 is 1.27 bits per heavy atom. The minimum atomic E-state index is 0.751. The lowest BCUT2D eigenvalue weighted by molar-refractivity contribution is 0.0996. The van der Waals surface area contributed by atoms with Crippen molar-refractivity contribution in [3.8, 4) is 0 Å². The molecule has 0 bridgehead atoms. The third kappa shape index (κ3) is 3.99. The van der Waals surface area contributed by atoms with Crippen LogP contribution in [0.15, 0.2) is 0 Å². The zero-order valence-corrected chi connectivity index (χ0v) is 11.6. The number of rotatable bonds is 4. The molecule has 0 amide bonds. The highest BCUT2D eigenvalue weighted by Gasteiger charge is 2.25. The van der Waals surface area contributed by atoms with Crippen LogP contribution in [-0.4, -0.2) is 29.8 Å². The van der Waals surface area contributed by atoms with Crippen molar-refractivity contribution in [3.05, 3.63) is 0 Å². The number of piperidine rings is 1. The van der Waals surface area contributed by atoms with Crippen LogP contribution in [0.25, 0.3) is 0 Å². The molecular weight excluding hydrogens is 202 g/mol. The molecule has 1 rings (SSSR count). The summed E-state index contributed by atoms with van der Waals surface area (Å²) in [6.07, 6.45) is 2.78. The first-order valence-corrected chi connectivity index (χ1v) is 7.02. The average Bonchev–Trinajstić information content (AvgIpc) is 2.18. The van der Waals surface area contributed by atoms with Gasteiger partial charge < -0.3 is 4.90 Å². The molecule has 90 valence electrons.